The Hall–Kier alpha value is -1.38. The second kappa shape index (κ2) is 5.78. The predicted molar refractivity (Wildman–Crippen MR) is 73.4 cm³/mol. The topological polar surface area (TPSA) is 84.9 Å². The molecule has 1 aliphatic rings. The van der Waals surface area contributed by atoms with Gasteiger partial charge >= 0.3 is 0 Å². The van der Waals surface area contributed by atoms with Crippen LogP contribution < -0.4 is 14.2 Å². The van der Waals surface area contributed by atoms with Crippen molar-refractivity contribution in [3.63, 3.8) is 0 Å². The van der Waals surface area contributed by atoms with Crippen LogP contribution in [0.25, 0.3) is 0 Å². The molecule has 0 aromatic heterocycles. The first-order valence-corrected chi connectivity index (χ1v) is 7.88. The van der Waals surface area contributed by atoms with Crippen LogP contribution in [-0.2, 0) is 10.0 Å². The first-order valence-electron chi connectivity index (χ1n) is 6.39. The molecule has 0 unspecified atom stereocenters. The molecule has 2 N–H and O–H groups in total. The molecular formula is C13H18FNO5S. The van der Waals surface area contributed by atoms with Crippen molar-refractivity contribution in [3.8, 4) is 11.5 Å². The Kier molecular flexibility index (Phi) is 4.40. The van der Waals surface area contributed by atoms with Crippen LogP contribution in [0.4, 0.5) is 4.39 Å². The molecule has 0 amide bonds. The van der Waals surface area contributed by atoms with Crippen molar-refractivity contribution in [2.45, 2.75) is 17.7 Å². The summed E-state index contributed by atoms with van der Waals surface area (Å²) in [5, 5.41) is 9.18. The van der Waals surface area contributed by atoms with Crippen LogP contribution in [0.5, 0.6) is 11.5 Å². The highest BCUT2D eigenvalue weighted by Gasteiger charge is 2.42. The second-order valence-electron chi connectivity index (χ2n) is 5.12. The third kappa shape index (κ3) is 3.28. The molecule has 6 nitrogen and oxygen atoms in total. The van der Waals surface area contributed by atoms with Gasteiger partial charge in [0.25, 0.3) is 0 Å². The number of aliphatic hydroxyl groups excluding tert-OH is 1. The van der Waals surface area contributed by atoms with E-state index in [0.29, 0.717) is 0 Å². The highest BCUT2D eigenvalue weighted by Crippen LogP contribution is 2.44. The zero-order chi connectivity index (χ0) is 15.7. The summed E-state index contributed by atoms with van der Waals surface area (Å²) in [6.07, 6.45) is 1.50. The van der Waals surface area contributed by atoms with Crippen LogP contribution in [0.15, 0.2) is 17.0 Å². The number of ether oxygens (including phenoxy) is 2. The van der Waals surface area contributed by atoms with Crippen LogP contribution in [0.3, 0.4) is 0 Å². The van der Waals surface area contributed by atoms with Crippen molar-refractivity contribution in [2.24, 2.45) is 5.41 Å². The fourth-order valence-electron chi connectivity index (χ4n) is 1.93. The molecule has 0 aliphatic heterocycles. The molecule has 2 rings (SSSR count). The predicted octanol–water partition coefficient (Wildman–Crippen LogP) is 0.894. The molecule has 0 spiro atoms. The molecule has 0 bridgehead atoms. The summed E-state index contributed by atoms with van der Waals surface area (Å²) in [6.45, 7) is -0.0104. The molecule has 1 aromatic carbocycles. The minimum absolute atomic E-state index is 0.0830. The van der Waals surface area contributed by atoms with Crippen molar-refractivity contribution in [1.29, 1.82) is 0 Å². The number of rotatable bonds is 7. The van der Waals surface area contributed by atoms with Crippen LogP contribution in [0.2, 0.25) is 0 Å². The van der Waals surface area contributed by atoms with Gasteiger partial charge in [0.15, 0.2) is 11.5 Å². The zero-order valence-corrected chi connectivity index (χ0v) is 12.7. The standard InChI is InChI=1S/C13H18FNO5S/c1-19-10-5-9(14)12(6-11(10)20-2)21(17,18)15-7-13(8-16)3-4-13/h5-6,15-16H,3-4,7-8H2,1-2H3. The van der Waals surface area contributed by atoms with Gasteiger partial charge in [-0.25, -0.2) is 17.5 Å². The summed E-state index contributed by atoms with van der Waals surface area (Å²) in [4.78, 5) is -0.506. The Morgan fingerprint density at radius 2 is 1.86 bits per heavy atom. The van der Waals surface area contributed by atoms with Gasteiger partial charge in [-0.1, -0.05) is 0 Å². The van der Waals surface area contributed by atoms with E-state index >= 15 is 0 Å². The van der Waals surface area contributed by atoms with Gasteiger partial charge in [-0.15, -0.1) is 0 Å². The molecule has 0 heterocycles. The normalized spacial score (nSPS) is 16.6. The van der Waals surface area contributed by atoms with E-state index in [2.05, 4.69) is 4.72 Å². The Labute approximate surface area is 122 Å². The van der Waals surface area contributed by atoms with Crippen molar-refractivity contribution in [3.05, 3.63) is 17.9 Å². The van der Waals surface area contributed by atoms with Gasteiger partial charge in [0.1, 0.15) is 10.7 Å². The zero-order valence-electron chi connectivity index (χ0n) is 11.8. The fraction of sp³-hybridized carbons (Fsp3) is 0.538. The number of methoxy groups -OCH3 is 2. The Bertz CT molecular complexity index is 628. The highest BCUT2D eigenvalue weighted by atomic mass is 32.2. The molecular weight excluding hydrogens is 301 g/mol. The van der Waals surface area contributed by atoms with E-state index in [0.717, 1.165) is 25.0 Å². The van der Waals surface area contributed by atoms with Gasteiger partial charge < -0.3 is 14.6 Å². The molecule has 118 valence electrons. The molecule has 1 aromatic rings. The first-order chi connectivity index (χ1) is 9.87. The fourth-order valence-corrected chi connectivity index (χ4v) is 3.16. The maximum atomic E-state index is 14.0. The van der Waals surface area contributed by atoms with E-state index in [9.17, 15) is 17.9 Å². The number of hydrogen-bond acceptors (Lipinski definition) is 5. The highest BCUT2D eigenvalue weighted by molar-refractivity contribution is 7.89. The second-order valence-corrected chi connectivity index (χ2v) is 6.86. The monoisotopic (exact) mass is 319 g/mol. The molecule has 0 saturated heterocycles. The molecule has 1 saturated carbocycles. The average molecular weight is 319 g/mol. The molecule has 1 fully saturated rings. The SMILES string of the molecule is COc1cc(F)c(S(=O)(=O)NCC2(CO)CC2)cc1OC. The van der Waals surface area contributed by atoms with E-state index in [1.807, 2.05) is 0 Å². The molecule has 21 heavy (non-hydrogen) atoms. The van der Waals surface area contributed by atoms with Crippen LogP contribution in [-0.4, -0.2) is 40.9 Å². The van der Waals surface area contributed by atoms with Crippen molar-refractivity contribution >= 4 is 10.0 Å². The Balaban J connectivity index is 2.27. The third-order valence-electron chi connectivity index (χ3n) is 3.66. The van der Waals surface area contributed by atoms with Gasteiger partial charge in [-0.3, -0.25) is 0 Å². The van der Waals surface area contributed by atoms with Gasteiger partial charge in [0.05, 0.1) is 14.2 Å². The summed E-state index contributed by atoms with van der Waals surface area (Å²) >= 11 is 0. The number of halogens is 1. The number of nitrogens with one attached hydrogen (secondary N) is 1. The van der Waals surface area contributed by atoms with Gasteiger partial charge in [-0.05, 0) is 12.8 Å². The number of aliphatic hydroxyl groups is 1. The van der Waals surface area contributed by atoms with Crippen molar-refractivity contribution in [1.82, 2.24) is 4.72 Å². The van der Waals surface area contributed by atoms with E-state index < -0.39 is 26.2 Å². The lowest BCUT2D eigenvalue weighted by Crippen LogP contribution is -2.32. The molecule has 8 heteroatoms. The number of sulfonamides is 1. The number of benzene rings is 1. The maximum absolute atomic E-state index is 14.0. The Morgan fingerprint density at radius 1 is 1.29 bits per heavy atom. The van der Waals surface area contributed by atoms with E-state index in [1.54, 1.807) is 0 Å². The van der Waals surface area contributed by atoms with Gasteiger partial charge in [-0.2, -0.15) is 0 Å². The van der Waals surface area contributed by atoms with E-state index in [4.69, 9.17) is 9.47 Å². The molecule has 1 aliphatic carbocycles. The van der Waals surface area contributed by atoms with Crippen LogP contribution in [0, 0.1) is 11.2 Å². The summed E-state index contributed by atoms with van der Waals surface area (Å²) in [5.41, 5.74) is -0.403. The third-order valence-corrected chi connectivity index (χ3v) is 5.07. The minimum atomic E-state index is -4.02. The maximum Gasteiger partial charge on any atom is 0.243 e. The lowest BCUT2D eigenvalue weighted by atomic mass is 10.1. The van der Waals surface area contributed by atoms with Crippen molar-refractivity contribution < 1.29 is 27.4 Å². The summed E-state index contributed by atoms with van der Waals surface area (Å²) in [5.74, 6) is -0.681. The minimum Gasteiger partial charge on any atom is -0.493 e. The Morgan fingerprint density at radius 3 is 2.33 bits per heavy atom. The number of hydrogen-bond donors (Lipinski definition) is 2. The lowest BCUT2D eigenvalue weighted by Gasteiger charge is -2.15. The first kappa shape index (κ1) is 16.0. The summed E-state index contributed by atoms with van der Waals surface area (Å²) < 4.78 is 50.6. The quantitative estimate of drug-likeness (QED) is 0.780. The van der Waals surface area contributed by atoms with Gasteiger partial charge in [0, 0.05) is 30.7 Å². The summed E-state index contributed by atoms with van der Waals surface area (Å²) in [6, 6.07) is 2.04. The van der Waals surface area contributed by atoms with Crippen LogP contribution in [0.1, 0.15) is 12.8 Å². The smallest absolute Gasteiger partial charge is 0.243 e. The molecule has 0 atom stereocenters. The van der Waals surface area contributed by atoms with E-state index in [-0.39, 0.29) is 24.7 Å². The van der Waals surface area contributed by atoms with Crippen LogP contribution >= 0.6 is 0 Å². The average Bonchev–Trinajstić information content (AvgIpc) is 3.25. The lowest BCUT2D eigenvalue weighted by molar-refractivity contribution is 0.213. The largest absolute Gasteiger partial charge is 0.493 e. The molecule has 0 radical (unpaired) electrons. The van der Waals surface area contributed by atoms with Gasteiger partial charge in [0.2, 0.25) is 10.0 Å². The van der Waals surface area contributed by atoms with E-state index in [1.165, 1.54) is 14.2 Å². The van der Waals surface area contributed by atoms with Crippen molar-refractivity contribution in [2.75, 3.05) is 27.4 Å². The summed E-state index contributed by atoms with van der Waals surface area (Å²) in [7, 11) is -1.35.